The molecule has 2 rings (SSSR count). The van der Waals surface area contributed by atoms with E-state index in [4.69, 9.17) is 16.7 Å². The molecule has 0 atom stereocenters. The van der Waals surface area contributed by atoms with E-state index in [1.54, 1.807) is 12.1 Å². The summed E-state index contributed by atoms with van der Waals surface area (Å²) in [7, 11) is 0. The number of halogens is 2. The normalized spacial score (nSPS) is 10.2. The van der Waals surface area contributed by atoms with Crippen molar-refractivity contribution in [2.24, 2.45) is 0 Å². The first-order valence-electron chi connectivity index (χ1n) is 5.99. The molecular weight excluding hydrogens is 297 g/mol. The molecule has 2 aromatic rings. The summed E-state index contributed by atoms with van der Waals surface area (Å²) in [6.07, 6.45) is 0. The number of aryl methyl sites for hydroxylation is 1. The Morgan fingerprint density at radius 3 is 2.43 bits per heavy atom. The van der Waals surface area contributed by atoms with Gasteiger partial charge in [0.05, 0.1) is 21.8 Å². The van der Waals surface area contributed by atoms with Crippen molar-refractivity contribution >= 4 is 29.2 Å². The van der Waals surface area contributed by atoms with E-state index in [1.165, 1.54) is 6.07 Å². The zero-order valence-electron chi connectivity index (χ0n) is 11.0. The first-order valence-corrected chi connectivity index (χ1v) is 6.36. The highest BCUT2D eigenvalue weighted by atomic mass is 35.5. The molecular formula is C15H11ClFNO3. The maximum Gasteiger partial charge on any atom is 0.337 e. The second kappa shape index (κ2) is 5.93. The van der Waals surface area contributed by atoms with E-state index in [0.717, 1.165) is 23.8 Å². The van der Waals surface area contributed by atoms with Gasteiger partial charge < -0.3 is 10.4 Å². The number of benzene rings is 2. The van der Waals surface area contributed by atoms with E-state index in [2.05, 4.69) is 5.32 Å². The second-order valence-corrected chi connectivity index (χ2v) is 4.84. The van der Waals surface area contributed by atoms with Crippen LogP contribution in [0, 0.1) is 12.7 Å². The molecule has 4 nitrogen and oxygen atoms in total. The molecule has 0 aliphatic carbocycles. The molecule has 0 radical (unpaired) electrons. The Labute approximate surface area is 125 Å². The third-order valence-corrected chi connectivity index (χ3v) is 3.14. The third kappa shape index (κ3) is 3.38. The number of hydrogen-bond donors (Lipinski definition) is 2. The maximum absolute atomic E-state index is 13.2. The van der Waals surface area contributed by atoms with Crippen LogP contribution >= 0.6 is 11.6 Å². The fourth-order valence-corrected chi connectivity index (χ4v) is 2.12. The van der Waals surface area contributed by atoms with Gasteiger partial charge in [-0.25, -0.2) is 9.18 Å². The molecule has 0 spiro atoms. The summed E-state index contributed by atoms with van der Waals surface area (Å²) in [5.74, 6) is -2.52. The minimum absolute atomic E-state index is 0.121. The molecule has 0 heterocycles. The van der Waals surface area contributed by atoms with Crippen LogP contribution in [0.5, 0.6) is 0 Å². The number of nitrogens with one attached hydrogen (secondary N) is 1. The summed E-state index contributed by atoms with van der Waals surface area (Å²) in [4.78, 5) is 23.2. The Hall–Kier alpha value is -2.40. The van der Waals surface area contributed by atoms with Crippen LogP contribution in [0.4, 0.5) is 10.1 Å². The molecule has 0 saturated carbocycles. The first-order chi connectivity index (χ1) is 9.88. The average Bonchev–Trinajstić information content (AvgIpc) is 2.37. The largest absolute Gasteiger partial charge is 0.478 e. The van der Waals surface area contributed by atoms with Gasteiger partial charge in [0.15, 0.2) is 0 Å². The van der Waals surface area contributed by atoms with Crippen LogP contribution in [-0.4, -0.2) is 17.0 Å². The molecule has 0 fully saturated rings. The minimum atomic E-state index is -1.26. The number of amides is 1. The van der Waals surface area contributed by atoms with Crippen molar-refractivity contribution < 1.29 is 19.1 Å². The highest BCUT2D eigenvalue weighted by Gasteiger charge is 2.16. The van der Waals surface area contributed by atoms with Crippen molar-refractivity contribution in [2.75, 3.05) is 5.32 Å². The fraction of sp³-hybridized carbons (Fsp3) is 0.0667. The van der Waals surface area contributed by atoms with E-state index < -0.39 is 17.7 Å². The Morgan fingerprint density at radius 1 is 1.14 bits per heavy atom. The molecule has 0 saturated heterocycles. The lowest BCUT2D eigenvalue weighted by Crippen LogP contribution is -2.15. The van der Waals surface area contributed by atoms with Crippen molar-refractivity contribution in [3.05, 3.63) is 63.9 Å². The highest BCUT2D eigenvalue weighted by molar-refractivity contribution is 6.34. The SMILES string of the molecule is Cc1ccc(C(=O)Nc2cc(F)ccc2C(=O)O)c(Cl)c1. The van der Waals surface area contributed by atoms with E-state index in [0.29, 0.717) is 0 Å². The zero-order chi connectivity index (χ0) is 15.6. The van der Waals surface area contributed by atoms with Gasteiger partial charge in [-0.3, -0.25) is 4.79 Å². The van der Waals surface area contributed by atoms with Crippen LogP contribution in [0.25, 0.3) is 0 Å². The van der Waals surface area contributed by atoms with Crippen LogP contribution in [-0.2, 0) is 0 Å². The van der Waals surface area contributed by atoms with Gasteiger partial charge in [0.1, 0.15) is 5.82 Å². The minimum Gasteiger partial charge on any atom is -0.478 e. The van der Waals surface area contributed by atoms with Crippen molar-refractivity contribution in [3.63, 3.8) is 0 Å². The summed E-state index contributed by atoms with van der Waals surface area (Å²) in [5.41, 5.74) is 0.744. The van der Waals surface area contributed by atoms with Gasteiger partial charge in [-0.1, -0.05) is 17.7 Å². The maximum atomic E-state index is 13.2. The molecule has 0 unspecified atom stereocenters. The lowest BCUT2D eigenvalue weighted by Gasteiger charge is -2.10. The van der Waals surface area contributed by atoms with E-state index >= 15 is 0 Å². The molecule has 0 aromatic heterocycles. The number of carboxylic acid groups (broad SMARTS) is 1. The Balaban J connectivity index is 2.35. The molecule has 0 aliphatic heterocycles. The summed E-state index contributed by atoms with van der Waals surface area (Å²) in [5, 5.41) is 11.6. The van der Waals surface area contributed by atoms with Crippen molar-refractivity contribution in [2.45, 2.75) is 6.92 Å². The summed E-state index contributed by atoms with van der Waals surface area (Å²) >= 11 is 5.97. The van der Waals surface area contributed by atoms with Crippen LogP contribution < -0.4 is 5.32 Å². The van der Waals surface area contributed by atoms with Crippen molar-refractivity contribution in [3.8, 4) is 0 Å². The van der Waals surface area contributed by atoms with Gasteiger partial charge in [-0.2, -0.15) is 0 Å². The predicted molar refractivity (Wildman–Crippen MR) is 77.5 cm³/mol. The van der Waals surface area contributed by atoms with Crippen LogP contribution in [0.15, 0.2) is 36.4 Å². The smallest absolute Gasteiger partial charge is 0.337 e. The van der Waals surface area contributed by atoms with Crippen LogP contribution in [0.3, 0.4) is 0 Å². The van der Waals surface area contributed by atoms with Gasteiger partial charge in [0.2, 0.25) is 0 Å². The molecule has 2 aromatic carbocycles. The number of rotatable bonds is 3. The second-order valence-electron chi connectivity index (χ2n) is 4.43. The summed E-state index contributed by atoms with van der Waals surface area (Å²) < 4.78 is 13.2. The fourth-order valence-electron chi connectivity index (χ4n) is 1.80. The Morgan fingerprint density at radius 2 is 1.81 bits per heavy atom. The van der Waals surface area contributed by atoms with Gasteiger partial charge >= 0.3 is 5.97 Å². The number of carboxylic acids is 1. The van der Waals surface area contributed by atoms with E-state index in [9.17, 15) is 14.0 Å². The number of hydrogen-bond acceptors (Lipinski definition) is 2. The average molecular weight is 308 g/mol. The van der Waals surface area contributed by atoms with E-state index in [1.807, 2.05) is 6.92 Å². The van der Waals surface area contributed by atoms with Crippen molar-refractivity contribution in [1.29, 1.82) is 0 Å². The summed E-state index contributed by atoms with van der Waals surface area (Å²) in [6.45, 7) is 1.82. The summed E-state index contributed by atoms with van der Waals surface area (Å²) in [6, 6.07) is 7.88. The monoisotopic (exact) mass is 307 g/mol. The van der Waals surface area contributed by atoms with Crippen molar-refractivity contribution in [1.82, 2.24) is 0 Å². The molecule has 108 valence electrons. The lowest BCUT2D eigenvalue weighted by molar-refractivity contribution is 0.0698. The molecule has 1 amide bonds. The van der Waals surface area contributed by atoms with Gasteiger partial charge in [0.25, 0.3) is 5.91 Å². The van der Waals surface area contributed by atoms with Crippen LogP contribution in [0.2, 0.25) is 5.02 Å². The molecule has 2 N–H and O–H groups in total. The number of aromatic carboxylic acids is 1. The first kappa shape index (κ1) is 15.0. The number of carbonyl (C=O) groups excluding carboxylic acids is 1. The molecule has 21 heavy (non-hydrogen) atoms. The third-order valence-electron chi connectivity index (χ3n) is 2.83. The van der Waals surface area contributed by atoms with Crippen LogP contribution in [0.1, 0.15) is 26.3 Å². The lowest BCUT2D eigenvalue weighted by atomic mass is 10.1. The van der Waals surface area contributed by atoms with Gasteiger partial charge in [0, 0.05) is 0 Å². The predicted octanol–water partition coefficient (Wildman–Crippen LogP) is 3.74. The molecule has 0 bridgehead atoms. The highest BCUT2D eigenvalue weighted by Crippen LogP contribution is 2.22. The molecule has 0 aliphatic rings. The standard InChI is InChI=1S/C15H11ClFNO3/c1-8-2-4-10(12(16)6-8)14(19)18-13-7-9(17)3-5-11(13)15(20)21/h2-7H,1H3,(H,18,19)(H,20,21). The number of anilines is 1. The van der Waals surface area contributed by atoms with Gasteiger partial charge in [-0.05, 0) is 42.8 Å². The zero-order valence-corrected chi connectivity index (χ0v) is 11.7. The van der Waals surface area contributed by atoms with Gasteiger partial charge in [-0.15, -0.1) is 0 Å². The Kier molecular flexibility index (Phi) is 4.23. The molecule has 6 heteroatoms. The number of carbonyl (C=O) groups is 2. The van der Waals surface area contributed by atoms with E-state index in [-0.39, 0.29) is 21.8 Å². The topological polar surface area (TPSA) is 66.4 Å². The Bertz CT molecular complexity index is 731. The quantitative estimate of drug-likeness (QED) is 0.907.